The summed E-state index contributed by atoms with van der Waals surface area (Å²) >= 11 is 1.79. The first-order valence-corrected chi connectivity index (χ1v) is 6.37. The molecule has 0 spiro atoms. The van der Waals surface area contributed by atoms with Crippen LogP contribution < -0.4 is 5.32 Å². The monoisotopic (exact) mass is 211 g/mol. The zero-order chi connectivity index (χ0) is 10.4. The Morgan fingerprint density at radius 2 is 2.14 bits per heavy atom. The molecule has 1 atom stereocenters. The van der Waals surface area contributed by atoms with Gasteiger partial charge in [0.2, 0.25) is 0 Å². The van der Waals surface area contributed by atoms with E-state index in [9.17, 15) is 0 Å². The van der Waals surface area contributed by atoms with Crippen molar-refractivity contribution in [3.05, 3.63) is 22.4 Å². The molecule has 0 amide bonds. The summed E-state index contributed by atoms with van der Waals surface area (Å²) in [7, 11) is 0. The lowest BCUT2D eigenvalue weighted by Gasteiger charge is -2.14. The topological polar surface area (TPSA) is 12.0 Å². The van der Waals surface area contributed by atoms with Gasteiger partial charge in [0.1, 0.15) is 0 Å². The first kappa shape index (κ1) is 11.7. The fourth-order valence-corrected chi connectivity index (χ4v) is 2.09. The van der Waals surface area contributed by atoms with Crippen LogP contribution >= 0.6 is 11.3 Å². The van der Waals surface area contributed by atoms with Crippen molar-refractivity contribution in [1.82, 2.24) is 5.32 Å². The Bertz CT molecular complexity index is 228. The van der Waals surface area contributed by atoms with Crippen LogP contribution in [0, 0.1) is 5.92 Å². The Hall–Kier alpha value is -0.340. The average Bonchev–Trinajstić information content (AvgIpc) is 2.63. The van der Waals surface area contributed by atoms with Gasteiger partial charge in [-0.05, 0) is 47.7 Å². The Kier molecular flexibility index (Phi) is 5.20. The van der Waals surface area contributed by atoms with Gasteiger partial charge < -0.3 is 5.32 Å². The molecule has 0 bridgehead atoms. The molecule has 0 aromatic carbocycles. The summed E-state index contributed by atoms with van der Waals surface area (Å²) in [5.41, 5.74) is 1.49. The Morgan fingerprint density at radius 3 is 2.71 bits per heavy atom. The summed E-state index contributed by atoms with van der Waals surface area (Å²) in [6.45, 7) is 7.86. The second-order valence-electron chi connectivity index (χ2n) is 4.34. The minimum atomic E-state index is 0.610. The van der Waals surface area contributed by atoms with Gasteiger partial charge in [0.05, 0.1) is 0 Å². The van der Waals surface area contributed by atoms with Crippen molar-refractivity contribution in [2.24, 2.45) is 5.92 Å². The summed E-state index contributed by atoms with van der Waals surface area (Å²) in [5, 5.41) is 7.89. The average molecular weight is 211 g/mol. The van der Waals surface area contributed by atoms with Crippen molar-refractivity contribution in [3.8, 4) is 0 Å². The van der Waals surface area contributed by atoms with E-state index < -0.39 is 0 Å². The first-order valence-electron chi connectivity index (χ1n) is 5.43. The Balaban J connectivity index is 2.12. The molecule has 0 saturated carbocycles. The zero-order valence-corrected chi connectivity index (χ0v) is 10.2. The molecular weight excluding hydrogens is 190 g/mol. The normalized spacial score (nSPS) is 13.4. The second kappa shape index (κ2) is 6.20. The molecule has 1 nitrogen and oxygen atoms in total. The standard InChI is InChI=1S/C12H21NS/c1-10(2)13-8-11(3)4-5-12-6-7-14-9-12/h6-7,9-11,13H,4-5,8H2,1-3H3. The molecule has 1 N–H and O–H groups in total. The Labute approximate surface area is 91.5 Å². The molecular formula is C12H21NS. The van der Waals surface area contributed by atoms with Crippen LogP contribution in [-0.4, -0.2) is 12.6 Å². The summed E-state index contributed by atoms with van der Waals surface area (Å²) in [6.07, 6.45) is 2.51. The molecule has 0 aliphatic carbocycles. The van der Waals surface area contributed by atoms with Crippen molar-refractivity contribution in [1.29, 1.82) is 0 Å². The van der Waals surface area contributed by atoms with E-state index in [1.54, 1.807) is 11.3 Å². The third-order valence-corrected chi connectivity index (χ3v) is 3.11. The van der Waals surface area contributed by atoms with Crippen LogP contribution in [0.2, 0.25) is 0 Å². The van der Waals surface area contributed by atoms with Crippen LogP contribution in [-0.2, 0) is 6.42 Å². The minimum absolute atomic E-state index is 0.610. The quantitative estimate of drug-likeness (QED) is 0.761. The minimum Gasteiger partial charge on any atom is -0.314 e. The summed E-state index contributed by atoms with van der Waals surface area (Å²) in [4.78, 5) is 0. The van der Waals surface area contributed by atoms with Gasteiger partial charge in [-0.25, -0.2) is 0 Å². The molecule has 0 aliphatic rings. The molecule has 1 heterocycles. The van der Waals surface area contributed by atoms with E-state index in [-0.39, 0.29) is 0 Å². The third kappa shape index (κ3) is 4.77. The fourth-order valence-electron chi connectivity index (χ4n) is 1.39. The largest absolute Gasteiger partial charge is 0.314 e. The molecule has 0 radical (unpaired) electrons. The maximum Gasteiger partial charge on any atom is 0.00104 e. The number of rotatable bonds is 6. The van der Waals surface area contributed by atoms with E-state index >= 15 is 0 Å². The molecule has 1 unspecified atom stereocenters. The lowest BCUT2D eigenvalue weighted by molar-refractivity contribution is 0.454. The predicted molar refractivity (Wildman–Crippen MR) is 64.9 cm³/mol. The van der Waals surface area contributed by atoms with Gasteiger partial charge in [-0.3, -0.25) is 0 Å². The number of hydrogen-bond acceptors (Lipinski definition) is 2. The highest BCUT2D eigenvalue weighted by molar-refractivity contribution is 7.07. The fraction of sp³-hybridized carbons (Fsp3) is 0.667. The molecule has 0 fully saturated rings. The zero-order valence-electron chi connectivity index (χ0n) is 9.42. The molecule has 14 heavy (non-hydrogen) atoms. The van der Waals surface area contributed by atoms with E-state index in [1.165, 1.54) is 18.4 Å². The maximum absolute atomic E-state index is 3.48. The number of hydrogen-bond donors (Lipinski definition) is 1. The van der Waals surface area contributed by atoms with Gasteiger partial charge in [-0.1, -0.05) is 20.8 Å². The van der Waals surface area contributed by atoms with Crippen LogP contribution in [0.5, 0.6) is 0 Å². The van der Waals surface area contributed by atoms with Crippen molar-refractivity contribution in [2.75, 3.05) is 6.54 Å². The van der Waals surface area contributed by atoms with Gasteiger partial charge in [0, 0.05) is 6.04 Å². The molecule has 1 aromatic heterocycles. The van der Waals surface area contributed by atoms with Crippen LogP contribution in [0.3, 0.4) is 0 Å². The maximum atomic E-state index is 3.48. The van der Waals surface area contributed by atoms with Crippen molar-refractivity contribution in [2.45, 2.75) is 39.7 Å². The molecule has 0 saturated heterocycles. The third-order valence-electron chi connectivity index (χ3n) is 2.38. The van der Waals surface area contributed by atoms with Crippen molar-refractivity contribution < 1.29 is 0 Å². The highest BCUT2D eigenvalue weighted by atomic mass is 32.1. The van der Waals surface area contributed by atoms with E-state index in [1.807, 2.05) is 0 Å². The van der Waals surface area contributed by atoms with E-state index in [0.717, 1.165) is 12.5 Å². The summed E-state index contributed by atoms with van der Waals surface area (Å²) in [5.74, 6) is 0.775. The first-order chi connectivity index (χ1) is 6.68. The van der Waals surface area contributed by atoms with Crippen molar-refractivity contribution >= 4 is 11.3 Å². The molecule has 80 valence electrons. The van der Waals surface area contributed by atoms with Crippen LogP contribution in [0.15, 0.2) is 16.8 Å². The molecule has 2 heteroatoms. The summed E-state index contributed by atoms with van der Waals surface area (Å²) in [6, 6.07) is 2.84. The highest BCUT2D eigenvalue weighted by Crippen LogP contribution is 2.12. The van der Waals surface area contributed by atoms with Crippen molar-refractivity contribution in [3.63, 3.8) is 0 Å². The molecule has 1 rings (SSSR count). The van der Waals surface area contributed by atoms with Crippen LogP contribution in [0.1, 0.15) is 32.8 Å². The number of aryl methyl sites for hydroxylation is 1. The van der Waals surface area contributed by atoms with Gasteiger partial charge in [-0.15, -0.1) is 0 Å². The van der Waals surface area contributed by atoms with Gasteiger partial charge in [0.15, 0.2) is 0 Å². The highest BCUT2D eigenvalue weighted by Gasteiger charge is 2.03. The lowest BCUT2D eigenvalue weighted by atomic mass is 10.0. The SMILES string of the molecule is CC(CCc1ccsc1)CNC(C)C. The van der Waals surface area contributed by atoms with E-state index in [2.05, 4.69) is 42.9 Å². The van der Waals surface area contributed by atoms with Gasteiger partial charge in [0.25, 0.3) is 0 Å². The second-order valence-corrected chi connectivity index (χ2v) is 5.12. The lowest BCUT2D eigenvalue weighted by Crippen LogP contribution is -2.27. The Morgan fingerprint density at radius 1 is 1.36 bits per heavy atom. The van der Waals surface area contributed by atoms with E-state index in [0.29, 0.717) is 6.04 Å². The van der Waals surface area contributed by atoms with E-state index in [4.69, 9.17) is 0 Å². The molecule has 1 aromatic rings. The van der Waals surface area contributed by atoms with Gasteiger partial charge >= 0.3 is 0 Å². The number of thiophene rings is 1. The molecule has 0 aliphatic heterocycles. The van der Waals surface area contributed by atoms with Crippen LogP contribution in [0.25, 0.3) is 0 Å². The smallest absolute Gasteiger partial charge is 0.00104 e. The number of nitrogens with one attached hydrogen (secondary N) is 1. The summed E-state index contributed by atoms with van der Waals surface area (Å²) < 4.78 is 0. The van der Waals surface area contributed by atoms with Gasteiger partial charge in [-0.2, -0.15) is 11.3 Å². The predicted octanol–water partition coefficient (Wildman–Crippen LogP) is 3.31. The van der Waals surface area contributed by atoms with Crippen LogP contribution in [0.4, 0.5) is 0 Å².